The normalized spacial score (nSPS) is 10.1. The number of benzene rings is 1. The molecule has 110 valence electrons. The SMILES string of the molecule is CCNC(=O)c1ccc(NCCCSC)c([N+](=O)[O-])c1. The van der Waals surface area contributed by atoms with E-state index in [4.69, 9.17) is 0 Å². The van der Waals surface area contributed by atoms with Crippen LogP contribution >= 0.6 is 11.8 Å². The minimum Gasteiger partial charge on any atom is -0.379 e. The molecule has 0 aliphatic carbocycles. The van der Waals surface area contributed by atoms with Gasteiger partial charge in [0.05, 0.1) is 4.92 Å². The number of anilines is 1. The summed E-state index contributed by atoms with van der Waals surface area (Å²) in [6, 6.07) is 4.48. The van der Waals surface area contributed by atoms with Gasteiger partial charge in [-0.2, -0.15) is 11.8 Å². The van der Waals surface area contributed by atoms with Crippen LogP contribution in [0.1, 0.15) is 23.7 Å². The molecule has 0 unspecified atom stereocenters. The van der Waals surface area contributed by atoms with Crippen LogP contribution in [0.4, 0.5) is 11.4 Å². The number of nitro benzene ring substituents is 1. The first-order chi connectivity index (χ1) is 9.60. The van der Waals surface area contributed by atoms with Gasteiger partial charge in [0, 0.05) is 24.7 Å². The molecular weight excluding hydrogens is 278 g/mol. The van der Waals surface area contributed by atoms with Crippen molar-refractivity contribution in [2.75, 3.05) is 30.4 Å². The van der Waals surface area contributed by atoms with Gasteiger partial charge in [0.25, 0.3) is 11.6 Å². The standard InChI is InChI=1S/C13H19N3O3S/c1-3-14-13(17)10-5-6-11(12(9-10)16(18)19)15-7-4-8-20-2/h5-6,9,15H,3-4,7-8H2,1-2H3,(H,14,17). The first-order valence-corrected chi connectivity index (χ1v) is 7.79. The Morgan fingerprint density at radius 1 is 1.45 bits per heavy atom. The number of amides is 1. The topological polar surface area (TPSA) is 84.3 Å². The lowest BCUT2D eigenvalue weighted by Crippen LogP contribution is -2.22. The zero-order valence-corrected chi connectivity index (χ0v) is 12.5. The molecule has 1 aromatic carbocycles. The Kier molecular flexibility index (Phi) is 6.86. The molecule has 0 fully saturated rings. The Morgan fingerprint density at radius 3 is 2.80 bits per heavy atom. The number of hydrogen-bond donors (Lipinski definition) is 2. The third-order valence-corrected chi connectivity index (χ3v) is 3.33. The quantitative estimate of drug-likeness (QED) is 0.437. The van der Waals surface area contributed by atoms with Crippen molar-refractivity contribution in [3.63, 3.8) is 0 Å². The summed E-state index contributed by atoms with van der Waals surface area (Å²) in [5, 5.41) is 16.7. The maximum atomic E-state index is 11.7. The first-order valence-electron chi connectivity index (χ1n) is 6.39. The lowest BCUT2D eigenvalue weighted by Gasteiger charge is -2.08. The van der Waals surface area contributed by atoms with Crippen molar-refractivity contribution in [1.29, 1.82) is 0 Å². The van der Waals surface area contributed by atoms with Gasteiger partial charge < -0.3 is 10.6 Å². The van der Waals surface area contributed by atoms with Crippen molar-refractivity contribution in [2.24, 2.45) is 0 Å². The van der Waals surface area contributed by atoms with Crippen LogP contribution in [0.5, 0.6) is 0 Å². The Labute approximate surface area is 122 Å². The first kappa shape index (κ1) is 16.3. The molecule has 0 aromatic heterocycles. The molecule has 0 radical (unpaired) electrons. The van der Waals surface area contributed by atoms with Crippen molar-refractivity contribution >= 4 is 29.0 Å². The molecular formula is C13H19N3O3S. The summed E-state index contributed by atoms with van der Waals surface area (Å²) in [6.07, 6.45) is 2.94. The van der Waals surface area contributed by atoms with Crippen molar-refractivity contribution in [3.05, 3.63) is 33.9 Å². The van der Waals surface area contributed by atoms with Crippen LogP contribution in [0.2, 0.25) is 0 Å². The van der Waals surface area contributed by atoms with Crippen LogP contribution in [0, 0.1) is 10.1 Å². The summed E-state index contributed by atoms with van der Waals surface area (Å²) in [6.45, 7) is 2.96. The second kappa shape index (κ2) is 8.42. The van der Waals surface area contributed by atoms with Gasteiger partial charge in [-0.3, -0.25) is 14.9 Å². The number of carbonyl (C=O) groups is 1. The Morgan fingerprint density at radius 2 is 2.20 bits per heavy atom. The van der Waals surface area contributed by atoms with E-state index in [2.05, 4.69) is 10.6 Å². The van der Waals surface area contributed by atoms with Crippen molar-refractivity contribution in [3.8, 4) is 0 Å². The van der Waals surface area contributed by atoms with Gasteiger partial charge in [-0.15, -0.1) is 0 Å². The second-order valence-corrected chi connectivity index (χ2v) is 5.11. The molecule has 0 bridgehead atoms. The number of hydrogen-bond acceptors (Lipinski definition) is 5. The van der Waals surface area contributed by atoms with Crippen LogP contribution < -0.4 is 10.6 Å². The molecule has 0 saturated heterocycles. The third kappa shape index (κ3) is 4.73. The minimum atomic E-state index is -0.473. The van der Waals surface area contributed by atoms with Crippen molar-refractivity contribution in [2.45, 2.75) is 13.3 Å². The predicted octanol–water partition coefficient (Wildman–Crippen LogP) is 2.51. The number of thioether (sulfide) groups is 1. The van der Waals surface area contributed by atoms with E-state index < -0.39 is 4.92 Å². The fraction of sp³-hybridized carbons (Fsp3) is 0.462. The van der Waals surface area contributed by atoms with Gasteiger partial charge >= 0.3 is 0 Å². The average molecular weight is 297 g/mol. The number of nitrogens with one attached hydrogen (secondary N) is 2. The summed E-state index contributed by atoms with van der Waals surface area (Å²) in [5.74, 6) is 0.696. The molecule has 0 heterocycles. The monoisotopic (exact) mass is 297 g/mol. The van der Waals surface area contributed by atoms with Gasteiger partial charge in [-0.25, -0.2) is 0 Å². The summed E-state index contributed by atoms with van der Waals surface area (Å²) < 4.78 is 0. The molecule has 20 heavy (non-hydrogen) atoms. The van der Waals surface area contributed by atoms with E-state index in [1.54, 1.807) is 30.8 Å². The Hall–Kier alpha value is -1.76. The van der Waals surface area contributed by atoms with Gasteiger partial charge in [-0.1, -0.05) is 0 Å². The lowest BCUT2D eigenvalue weighted by molar-refractivity contribution is -0.384. The molecule has 6 nitrogen and oxygen atoms in total. The van der Waals surface area contributed by atoms with Crippen LogP contribution in [0.3, 0.4) is 0 Å². The maximum absolute atomic E-state index is 11.7. The van der Waals surface area contributed by atoms with Crippen LogP contribution in [-0.4, -0.2) is 35.9 Å². The second-order valence-electron chi connectivity index (χ2n) is 4.12. The molecule has 1 aromatic rings. The Bertz CT molecular complexity index is 480. The van der Waals surface area contributed by atoms with E-state index in [1.807, 2.05) is 6.26 Å². The highest BCUT2D eigenvalue weighted by Crippen LogP contribution is 2.25. The molecule has 1 amide bonds. The molecule has 2 N–H and O–H groups in total. The van der Waals surface area contributed by atoms with E-state index in [0.717, 1.165) is 12.2 Å². The predicted molar refractivity (Wildman–Crippen MR) is 82.6 cm³/mol. The number of nitro groups is 1. The minimum absolute atomic E-state index is 0.0714. The molecule has 0 atom stereocenters. The average Bonchev–Trinajstić information content (AvgIpc) is 2.43. The molecule has 0 aliphatic heterocycles. The highest BCUT2D eigenvalue weighted by atomic mass is 32.2. The maximum Gasteiger partial charge on any atom is 0.293 e. The third-order valence-electron chi connectivity index (χ3n) is 2.63. The van der Waals surface area contributed by atoms with Crippen LogP contribution in [0.25, 0.3) is 0 Å². The summed E-state index contributed by atoms with van der Waals surface area (Å²) in [5.41, 5.74) is 0.676. The highest BCUT2D eigenvalue weighted by Gasteiger charge is 2.16. The zero-order valence-electron chi connectivity index (χ0n) is 11.6. The lowest BCUT2D eigenvalue weighted by atomic mass is 10.1. The van der Waals surface area contributed by atoms with E-state index in [9.17, 15) is 14.9 Å². The van der Waals surface area contributed by atoms with Gasteiger partial charge in [0.15, 0.2) is 0 Å². The van der Waals surface area contributed by atoms with Crippen LogP contribution in [0.15, 0.2) is 18.2 Å². The molecule has 0 spiro atoms. The molecule has 0 aliphatic rings. The largest absolute Gasteiger partial charge is 0.379 e. The fourth-order valence-electron chi connectivity index (χ4n) is 1.68. The Balaban J connectivity index is 2.85. The van der Waals surface area contributed by atoms with Gasteiger partial charge in [0.1, 0.15) is 5.69 Å². The number of rotatable bonds is 8. The van der Waals surface area contributed by atoms with Gasteiger partial charge in [-0.05, 0) is 37.5 Å². The molecule has 1 rings (SSSR count). The van der Waals surface area contributed by atoms with Crippen molar-refractivity contribution in [1.82, 2.24) is 5.32 Å². The fourth-order valence-corrected chi connectivity index (χ4v) is 2.11. The molecule has 7 heteroatoms. The number of nitrogens with zero attached hydrogens (tertiary/aromatic N) is 1. The summed E-state index contributed by atoms with van der Waals surface area (Å²) in [7, 11) is 0. The van der Waals surface area contributed by atoms with E-state index in [1.165, 1.54) is 6.07 Å². The summed E-state index contributed by atoms with van der Waals surface area (Å²) >= 11 is 1.73. The summed E-state index contributed by atoms with van der Waals surface area (Å²) in [4.78, 5) is 22.3. The van der Waals surface area contributed by atoms with Crippen molar-refractivity contribution < 1.29 is 9.72 Å². The van der Waals surface area contributed by atoms with E-state index in [-0.39, 0.29) is 11.6 Å². The van der Waals surface area contributed by atoms with E-state index in [0.29, 0.717) is 24.3 Å². The molecule has 0 saturated carbocycles. The van der Waals surface area contributed by atoms with Gasteiger partial charge in [0.2, 0.25) is 0 Å². The van der Waals surface area contributed by atoms with Crippen LogP contribution in [-0.2, 0) is 0 Å². The zero-order chi connectivity index (χ0) is 15.0. The number of carbonyl (C=O) groups excluding carboxylic acids is 1. The highest BCUT2D eigenvalue weighted by molar-refractivity contribution is 7.98. The van der Waals surface area contributed by atoms with E-state index >= 15 is 0 Å². The smallest absolute Gasteiger partial charge is 0.293 e.